The summed E-state index contributed by atoms with van der Waals surface area (Å²) in [5, 5.41) is 11.3. The second-order valence-electron chi connectivity index (χ2n) is 6.53. The molecule has 178 valence electrons. The van der Waals surface area contributed by atoms with E-state index in [1.807, 2.05) is 0 Å². The highest BCUT2D eigenvalue weighted by Gasteiger charge is 2.25. The first-order chi connectivity index (χ1) is 15.7. The first kappa shape index (κ1) is 26.2. The number of carbonyl (C=O) groups excluding carboxylic acids is 2. The Balaban J connectivity index is 2.38. The van der Waals surface area contributed by atoms with Gasteiger partial charge in [0.15, 0.2) is 34.5 Å². The molecule has 33 heavy (non-hydrogen) atoms. The van der Waals surface area contributed by atoms with Crippen LogP contribution in [0.4, 0.5) is 11.4 Å². The van der Waals surface area contributed by atoms with Gasteiger partial charge in [-0.2, -0.15) is 5.11 Å². The van der Waals surface area contributed by atoms with Crippen molar-refractivity contribution in [1.82, 2.24) is 0 Å². The molecule has 2 aromatic carbocycles. The Morgan fingerprint density at radius 2 is 1.58 bits per heavy atom. The van der Waals surface area contributed by atoms with Crippen LogP contribution in [0.3, 0.4) is 0 Å². The van der Waals surface area contributed by atoms with E-state index in [0.29, 0.717) is 46.9 Å². The maximum atomic E-state index is 12.8. The predicted octanol–water partition coefficient (Wildman–Crippen LogP) is 5.49. The first-order valence-electron chi connectivity index (χ1n) is 9.98. The molecule has 0 aromatic heterocycles. The van der Waals surface area contributed by atoms with Crippen LogP contribution in [0.2, 0.25) is 10.0 Å². The average molecular weight is 498 g/mol. The third-order valence-electron chi connectivity index (χ3n) is 4.21. The van der Waals surface area contributed by atoms with E-state index in [9.17, 15) is 9.59 Å². The Labute approximate surface area is 202 Å². The Hall–Kier alpha value is -3.04. The third-order valence-corrected chi connectivity index (χ3v) is 4.71. The van der Waals surface area contributed by atoms with E-state index in [4.69, 9.17) is 42.1 Å². The molecular weight excluding hydrogens is 473 g/mol. The van der Waals surface area contributed by atoms with Crippen LogP contribution in [0.1, 0.15) is 20.8 Å². The van der Waals surface area contributed by atoms with E-state index < -0.39 is 17.7 Å². The summed E-state index contributed by atoms with van der Waals surface area (Å²) in [6.07, 6.45) is 0. The summed E-state index contributed by atoms with van der Waals surface area (Å²) >= 11 is 12.3. The molecule has 0 heterocycles. The van der Waals surface area contributed by atoms with Crippen LogP contribution in [0.25, 0.3) is 0 Å². The monoisotopic (exact) mass is 497 g/mol. The summed E-state index contributed by atoms with van der Waals surface area (Å²) in [5.41, 5.74) is 0.511. The highest BCUT2D eigenvalue weighted by Crippen LogP contribution is 2.41. The predicted molar refractivity (Wildman–Crippen MR) is 126 cm³/mol. The summed E-state index contributed by atoms with van der Waals surface area (Å²) in [4.78, 5) is 25.0. The number of ether oxygens (including phenoxy) is 4. The number of hydrogen-bond acceptors (Lipinski definition) is 8. The number of nitrogens with one attached hydrogen (secondary N) is 1. The second kappa shape index (κ2) is 12.3. The van der Waals surface area contributed by atoms with Gasteiger partial charge in [-0.1, -0.05) is 23.2 Å². The lowest BCUT2D eigenvalue weighted by atomic mass is 10.2. The van der Waals surface area contributed by atoms with Gasteiger partial charge in [0.05, 0.1) is 32.5 Å². The van der Waals surface area contributed by atoms with E-state index in [0.717, 1.165) is 0 Å². The molecule has 0 radical (unpaired) electrons. The molecule has 0 saturated carbocycles. The highest BCUT2D eigenvalue weighted by molar-refractivity contribution is 6.32. The molecule has 0 aliphatic rings. The lowest BCUT2D eigenvalue weighted by molar-refractivity contribution is -0.126. The molecule has 0 spiro atoms. The summed E-state index contributed by atoms with van der Waals surface area (Å²) in [7, 11) is 2.88. The van der Waals surface area contributed by atoms with Gasteiger partial charge in [-0.15, -0.1) is 5.11 Å². The Kier molecular flexibility index (Phi) is 9.74. The summed E-state index contributed by atoms with van der Waals surface area (Å²) in [5.74, 6) is 0.0186. The number of ketones is 1. The van der Waals surface area contributed by atoms with Gasteiger partial charge in [-0.3, -0.25) is 9.59 Å². The Morgan fingerprint density at radius 1 is 0.970 bits per heavy atom. The quantitative estimate of drug-likeness (QED) is 0.324. The number of benzene rings is 2. The van der Waals surface area contributed by atoms with E-state index in [2.05, 4.69) is 15.5 Å². The summed E-state index contributed by atoms with van der Waals surface area (Å²) < 4.78 is 21.5. The van der Waals surface area contributed by atoms with Crippen molar-refractivity contribution in [3.05, 3.63) is 34.3 Å². The van der Waals surface area contributed by atoms with Crippen LogP contribution in [-0.4, -0.2) is 45.2 Å². The van der Waals surface area contributed by atoms with Crippen LogP contribution in [0.5, 0.6) is 23.0 Å². The molecule has 0 aliphatic carbocycles. The molecule has 2 aromatic rings. The molecule has 0 aliphatic heterocycles. The Morgan fingerprint density at radius 3 is 2.06 bits per heavy atom. The van der Waals surface area contributed by atoms with Crippen LogP contribution < -0.4 is 24.3 Å². The van der Waals surface area contributed by atoms with Gasteiger partial charge in [0, 0.05) is 28.9 Å². The van der Waals surface area contributed by atoms with E-state index in [-0.39, 0.29) is 10.7 Å². The maximum absolute atomic E-state index is 12.8. The van der Waals surface area contributed by atoms with E-state index >= 15 is 0 Å². The molecule has 1 N–H and O–H groups in total. The molecule has 2 rings (SSSR count). The summed E-state index contributed by atoms with van der Waals surface area (Å²) in [6.45, 7) is 5.50. The minimum atomic E-state index is -1.43. The second-order valence-corrected chi connectivity index (χ2v) is 7.37. The van der Waals surface area contributed by atoms with Gasteiger partial charge in [0.25, 0.3) is 5.91 Å². The molecular formula is C22H25Cl2N3O6. The zero-order valence-corrected chi connectivity index (χ0v) is 20.4. The van der Waals surface area contributed by atoms with Crippen molar-refractivity contribution in [1.29, 1.82) is 0 Å². The van der Waals surface area contributed by atoms with Crippen LogP contribution in [-0.2, 0) is 9.59 Å². The Bertz CT molecular complexity index is 1020. The molecule has 0 saturated heterocycles. The topological polar surface area (TPSA) is 108 Å². The van der Waals surface area contributed by atoms with Gasteiger partial charge in [0.2, 0.25) is 6.04 Å². The molecule has 11 heteroatoms. The van der Waals surface area contributed by atoms with Crippen molar-refractivity contribution < 1.29 is 28.5 Å². The zero-order chi connectivity index (χ0) is 24.5. The molecule has 1 unspecified atom stereocenters. The normalized spacial score (nSPS) is 11.7. The molecule has 1 atom stereocenters. The number of azo groups is 1. The number of hydrogen-bond donors (Lipinski definition) is 1. The average Bonchev–Trinajstić information content (AvgIpc) is 2.75. The number of methoxy groups -OCH3 is 2. The number of rotatable bonds is 11. The molecule has 9 nitrogen and oxygen atoms in total. The van der Waals surface area contributed by atoms with Gasteiger partial charge in [-0.25, -0.2) is 0 Å². The number of Topliss-reactive ketones (excluding diaryl/α,β-unsaturated/α-hetero) is 1. The minimum absolute atomic E-state index is 0.219. The van der Waals surface area contributed by atoms with Crippen molar-refractivity contribution in [3.8, 4) is 23.0 Å². The number of anilines is 1. The lowest BCUT2D eigenvalue weighted by Crippen LogP contribution is -2.31. The fourth-order valence-corrected chi connectivity index (χ4v) is 3.30. The van der Waals surface area contributed by atoms with Crippen molar-refractivity contribution in [2.24, 2.45) is 10.2 Å². The standard InChI is InChI=1S/C22H25Cl2N3O6/c1-6-32-16-8-13(23)9-17(33-7-2)20(16)27-26-19(12(3)28)22(29)25-14-10-15(24)21(31-5)18(11-14)30-4/h8-11,19H,6-7H2,1-5H3,(H,25,29). The SMILES string of the molecule is CCOc1cc(Cl)cc(OCC)c1N=NC(C(C)=O)C(=O)Nc1cc(Cl)c(OC)c(OC)c1. The fourth-order valence-electron chi connectivity index (χ4n) is 2.81. The fraction of sp³-hybridized carbons (Fsp3) is 0.364. The van der Waals surface area contributed by atoms with Crippen LogP contribution >= 0.6 is 23.2 Å². The van der Waals surface area contributed by atoms with Gasteiger partial charge < -0.3 is 24.3 Å². The number of carbonyl (C=O) groups is 2. The van der Waals surface area contributed by atoms with Gasteiger partial charge >= 0.3 is 0 Å². The van der Waals surface area contributed by atoms with Gasteiger partial charge in [-0.05, 0) is 26.8 Å². The van der Waals surface area contributed by atoms with Gasteiger partial charge in [0.1, 0.15) is 0 Å². The number of halogens is 2. The van der Waals surface area contributed by atoms with Crippen LogP contribution in [0.15, 0.2) is 34.5 Å². The molecule has 0 fully saturated rings. The van der Waals surface area contributed by atoms with Crippen LogP contribution in [0, 0.1) is 0 Å². The van der Waals surface area contributed by atoms with E-state index in [1.165, 1.54) is 33.3 Å². The van der Waals surface area contributed by atoms with E-state index in [1.54, 1.807) is 26.0 Å². The maximum Gasteiger partial charge on any atom is 0.258 e. The molecule has 0 bridgehead atoms. The smallest absolute Gasteiger partial charge is 0.258 e. The number of amides is 1. The van der Waals surface area contributed by atoms with Crippen molar-refractivity contribution in [2.45, 2.75) is 26.8 Å². The highest BCUT2D eigenvalue weighted by atomic mass is 35.5. The minimum Gasteiger partial charge on any atom is -0.493 e. The largest absolute Gasteiger partial charge is 0.493 e. The third kappa shape index (κ3) is 6.72. The summed E-state index contributed by atoms with van der Waals surface area (Å²) in [6, 6.07) is 4.65. The van der Waals surface area contributed by atoms with Crippen molar-refractivity contribution >= 4 is 46.3 Å². The molecule has 1 amide bonds. The van der Waals surface area contributed by atoms with Crippen molar-refractivity contribution in [3.63, 3.8) is 0 Å². The number of nitrogens with zero attached hydrogens (tertiary/aromatic N) is 2. The van der Waals surface area contributed by atoms with Crippen molar-refractivity contribution in [2.75, 3.05) is 32.8 Å². The lowest BCUT2D eigenvalue weighted by Gasteiger charge is -2.15. The first-order valence-corrected chi connectivity index (χ1v) is 10.7. The zero-order valence-electron chi connectivity index (χ0n) is 18.9.